The highest BCUT2D eigenvalue weighted by Gasteiger charge is 2.50. The van der Waals surface area contributed by atoms with Gasteiger partial charge in [0.15, 0.2) is 11.2 Å². The number of anilines is 4. The lowest BCUT2D eigenvalue weighted by molar-refractivity contribution is -0.125. The minimum atomic E-state index is -6.51. The predicted octanol–water partition coefficient (Wildman–Crippen LogP) is 1.38. The number of ether oxygens (including phenoxy) is 1. The van der Waals surface area contributed by atoms with Gasteiger partial charge in [0.25, 0.3) is 5.56 Å². The number of rotatable bonds is 32. The van der Waals surface area contributed by atoms with Crippen molar-refractivity contribution in [2.24, 2.45) is 17.4 Å². The first-order valence-corrected chi connectivity index (χ1v) is 36.3. The van der Waals surface area contributed by atoms with Crippen molar-refractivity contribution in [2.75, 3.05) is 86.0 Å². The summed E-state index contributed by atoms with van der Waals surface area (Å²) < 4.78 is 109. The van der Waals surface area contributed by atoms with Gasteiger partial charge in [-0.2, -0.15) is 41.5 Å². The number of phosphoric acid groups is 6. The molecule has 4 fully saturated rings. The van der Waals surface area contributed by atoms with Gasteiger partial charge in [-0.3, -0.25) is 33.0 Å². The Balaban J connectivity index is 0.707. The first-order chi connectivity index (χ1) is 40.3. The van der Waals surface area contributed by atoms with Gasteiger partial charge in [-0.15, -0.1) is 0 Å². The first-order valence-electron chi connectivity index (χ1n) is 27.3. The molecule has 7 unspecified atom stereocenters. The zero-order valence-corrected chi connectivity index (χ0v) is 51.6. The molecule has 486 valence electrons. The van der Waals surface area contributed by atoms with Gasteiger partial charge in [0.2, 0.25) is 35.6 Å². The zero-order chi connectivity index (χ0) is 62.7. The number of H-pyrrole nitrogens is 1. The third-order valence-corrected chi connectivity index (χ3v) is 23.1. The van der Waals surface area contributed by atoms with Crippen LogP contribution >= 0.6 is 46.9 Å². The van der Waals surface area contributed by atoms with Crippen molar-refractivity contribution < 1.29 is 107 Å². The average Bonchev–Trinajstić information content (AvgIpc) is 2.12. The summed E-state index contributed by atoms with van der Waals surface area (Å²) >= 11 is 0. The number of nitrogens with zero attached hydrogens (tertiary/aromatic N) is 9. The number of carbonyl (C=O) groups excluding carboxylic acids is 2. The number of amides is 2. The molecule has 45 heteroatoms. The number of hydrogen-bond acceptors (Lipinski definition) is 29. The van der Waals surface area contributed by atoms with E-state index in [2.05, 4.69) is 70.9 Å². The van der Waals surface area contributed by atoms with E-state index in [0.717, 1.165) is 58.2 Å². The molecule has 7 rings (SSSR count). The Morgan fingerprint density at radius 2 is 1.08 bits per heavy atom. The number of piperidine rings is 3. The summed E-state index contributed by atoms with van der Waals surface area (Å²) in [7, 11) is -37.1. The van der Waals surface area contributed by atoms with Crippen LogP contribution in [0.4, 0.5) is 23.8 Å². The van der Waals surface area contributed by atoms with Gasteiger partial charge in [0, 0.05) is 83.2 Å². The Hall–Kier alpha value is -3.80. The molecule has 0 radical (unpaired) electrons. The summed E-state index contributed by atoms with van der Waals surface area (Å²) in [4.78, 5) is 128. The monoisotopic (exact) mass is 1350 g/mol. The number of nitrogens with two attached hydrogens (primary N) is 3. The Morgan fingerprint density at radius 3 is 1.60 bits per heavy atom. The molecule has 4 aliphatic rings. The van der Waals surface area contributed by atoms with Crippen LogP contribution in [0.5, 0.6) is 0 Å². The number of carbonyl (C=O) groups is 2. The van der Waals surface area contributed by atoms with Crippen molar-refractivity contribution >= 4 is 93.7 Å². The van der Waals surface area contributed by atoms with Crippen LogP contribution in [0.25, 0.3) is 11.2 Å². The van der Waals surface area contributed by atoms with Gasteiger partial charge >= 0.3 is 46.9 Å². The van der Waals surface area contributed by atoms with Gasteiger partial charge < -0.3 is 81.7 Å². The molecule has 0 aromatic carbocycles. The van der Waals surface area contributed by atoms with Crippen molar-refractivity contribution in [1.82, 2.24) is 45.1 Å². The van der Waals surface area contributed by atoms with Gasteiger partial charge in [-0.05, 0) is 64.2 Å². The number of unbranched alkanes of at least 4 members (excludes halogenated alkanes) is 5. The summed E-state index contributed by atoms with van der Waals surface area (Å²) in [5.74, 6) is 1.26. The average molecular weight is 1350 g/mol. The van der Waals surface area contributed by atoms with Crippen LogP contribution in [0.2, 0.25) is 0 Å². The number of fused-ring (bicyclic) bond motifs is 1. The second-order valence-corrected chi connectivity index (χ2v) is 30.0. The number of aromatic nitrogens is 7. The van der Waals surface area contributed by atoms with Crippen molar-refractivity contribution in [2.45, 2.75) is 127 Å². The summed E-state index contributed by atoms with van der Waals surface area (Å²) in [6.45, 7) is 3.43. The number of aromatic amines is 1. The van der Waals surface area contributed by atoms with E-state index in [4.69, 9.17) is 36.9 Å². The highest BCUT2D eigenvalue weighted by atomic mass is 31.3. The molecular formula is C41H73N15O24P6. The molecular weight excluding hydrogens is 1270 g/mol. The van der Waals surface area contributed by atoms with Crippen LogP contribution in [-0.2, 0) is 72.3 Å². The molecule has 2 amide bonds. The quantitative estimate of drug-likeness (QED) is 0.0310. The molecule has 4 saturated heterocycles. The smallest absolute Gasteiger partial charge is 0.390 e. The maximum absolute atomic E-state index is 13.1. The third-order valence-electron chi connectivity index (χ3n) is 13.8. The van der Waals surface area contributed by atoms with Crippen molar-refractivity contribution in [3.05, 3.63) is 16.7 Å². The largest absolute Gasteiger partial charge is 0.490 e. The number of imidazole rings is 1. The molecule has 3 aromatic heterocycles. The highest BCUT2D eigenvalue weighted by Crippen LogP contribution is 2.75. The fourth-order valence-electron chi connectivity index (χ4n) is 9.44. The van der Waals surface area contributed by atoms with E-state index in [-0.39, 0.29) is 66.2 Å². The summed E-state index contributed by atoms with van der Waals surface area (Å²) in [5.41, 5.74) is 17.0. The molecule has 7 heterocycles. The maximum atomic E-state index is 13.1. The minimum absolute atomic E-state index is 0.0118. The molecule has 9 atom stereocenters. The van der Waals surface area contributed by atoms with Crippen LogP contribution in [0.15, 0.2) is 11.1 Å². The van der Waals surface area contributed by atoms with Gasteiger partial charge in [-0.25, -0.2) is 32.4 Å². The molecule has 3 aromatic rings. The fraction of sp³-hybridized carbons (Fsp3) is 0.756. The van der Waals surface area contributed by atoms with Crippen LogP contribution in [0.3, 0.4) is 0 Å². The topological polar surface area (TPSA) is 566 Å². The molecule has 0 saturated carbocycles. The van der Waals surface area contributed by atoms with Crippen LogP contribution in [0, 0.1) is 5.92 Å². The van der Waals surface area contributed by atoms with Crippen LogP contribution in [-0.4, -0.2) is 171 Å². The number of aliphatic hydroxyl groups is 1. The number of hydrogen-bond donors (Lipinski definition) is 13. The summed E-state index contributed by atoms with van der Waals surface area (Å²) in [5, 5.41) is 16.3. The second kappa shape index (κ2) is 30.3. The normalized spacial score (nSPS) is 23.6. The molecule has 0 bridgehead atoms. The minimum Gasteiger partial charge on any atom is -0.390 e. The fourth-order valence-corrected chi connectivity index (χ4v) is 17.3. The van der Waals surface area contributed by atoms with E-state index < -0.39 is 84.1 Å². The Morgan fingerprint density at radius 1 is 0.628 bits per heavy atom. The molecule has 0 aliphatic carbocycles. The summed E-state index contributed by atoms with van der Waals surface area (Å²) in [6.07, 6.45) is 5.16. The van der Waals surface area contributed by atoms with Gasteiger partial charge in [0.05, 0.1) is 25.6 Å². The van der Waals surface area contributed by atoms with E-state index >= 15 is 0 Å². The first kappa shape index (κ1) is 69.7. The third kappa shape index (κ3) is 21.7. The van der Waals surface area contributed by atoms with E-state index in [1.54, 1.807) is 0 Å². The van der Waals surface area contributed by atoms with E-state index in [1.807, 2.05) is 0 Å². The summed E-state index contributed by atoms with van der Waals surface area (Å²) in [6, 6.07) is 0.322. The lowest BCUT2D eigenvalue weighted by atomic mass is 9.96. The predicted molar refractivity (Wildman–Crippen MR) is 300 cm³/mol. The van der Waals surface area contributed by atoms with Gasteiger partial charge in [0.1, 0.15) is 12.3 Å². The van der Waals surface area contributed by atoms with Crippen LogP contribution < -0.4 is 48.1 Å². The molecule has 0 spiro atoms. The van der Waals surface area contributed by atoms with Crippen molar-refractivity contribution in [3.63, 3.8) is 0 Å². The number of nitrogen functional groups attached to an aromatic ring is 1. The van der Waals surface area contributed by atoms with Crippen molar-refractivity contribution in [1.29, 1.82) is 0 Å². The Labute approximate surface area is 491 Å². The van der Waals surface area contributed by atoms with Gasteiger partial charge in [-0.1, -0.05) is 19.3 Å². The number of phosphoric ester groups is 2. The zero-order valence-electron chi connectivity index (χ0n) is 46.2. The lowest BCUT2D eigenvalue weighted by Crippen LogP contribution is -2.44. The number of aliphatic hydroxyl groups excluding tert-OH is 1. The lowest BCUT2D eigenvalue weighted by Gasteiger charge is -2.35. The second-order valence-electron chi connectivity index (χ2n) is 20.6. The Bertz CT molecular complexity index is 3120. The molecule has 39 nitrogen and oxygen atoms in total. The van der Waals surface area contributed by atoms with E-state index in [0.29, 0.717) is 95.4 Å². The van der Waals surface area contributed by atoms with E-state index in [1.165, 1.54) is 4.57 Å². The SMILES string of the molecule is Nc1nc2c(ncn2[C@H]2CC(O)[C@@H](COP(=O)(O)OP(=O)(O)OP(=O)(O)OP(=O)(O)OP(=O)(O)OP(=O)(O)OCCCCCCNC(=O)CCCCCNC(=O)C3CCN(c4nc(N5CCC(N)CC5)nc(N5CCC(N)CC5)n4)CC3)O2)c(=O)[nH]1. The maximum Gasteiger partial charge on any atom is 0.490 e. The van der Waals surface area contributed by atoms with Crippen molar-refractivity contribution in [3.8, 4) is 0 Å². The molecule has 4 aliphatic heterocycles. The molecule has 16 N–H and O–H groups in total. The highest BCUT2D eigenvalue weighted by molar-refractivity contribution is 7.72. The molecule has 86 heavy (non-hydrogen) atoms. The Kier molecular flexibility index (Phi) is 24.6. The van der Waals surface area contributed by atoms with E-state index in [9.17, 15) is 76.2 Å². The standard InChI is InChI=1S/C41H73N15O24P6/c42-28-11-19-54(20-12-28)40-50-39(51-41(52-40)55-21-13-29(43)14-22-55)53-17-9-27(10-18-53)36(59)46-16-6-3-4-8-32(58)45-15-5-1-2-7-23-73-81(61,62)76-83(65,66)78-85(69,70)80-86(71,72)79-84(67,68)77-82(63,64)74-25-31-30(57)24-33(75-31)56-26-47-34-35(56)48-38(44)49-37(34)60/h26-31,33,57H,1-25,42-43H2,(H,45,58)(H,46,59)(H,61,62)(H,63,64)(H,65,66)(H,67,68)(H,69,70)(H,71,72)(H3,44,48,49,60)/t30?,31-,33-/m1/s1. The van der Waals surface area contributed by atoms with Crippen LogP contribution in [0.1, 0.15) is 103 Å². The number of nitrogens with one attached hydrogen (secondary N) is 3.